The molecule has 0 aliphatic carbocycles. The largest absolute Gasteiger partial charge is 0.323 e. The van der Waals surface area contributed by atoms with Crippen LogP contribution in [0.15, 0.2) is 29.2 Å². The van der Waals surface area contributed by atoms with Gasteiger partial charge in [-0.05, 0) is 24.0 Å². The average molecular weight is 192 g/mol. The molecule has 0 heterocycles. The fourth-order valence-electron chi connectivity index (χ4n) is 1.07. The first-order valence-electron chi connectivity index (χ1n) is 4.04. The smallest absolute Gasteiger partial charge is 0.0641 e. The summed E-state index contributed by atoms with van der Waals surface area (Å²) in [6.45, 7) is 0. The topological polar surface area (TPSA) is 49.8 Å². The minimum atomic E-state index is -0.152. The Kier molecular flexibility index (Phi) is 3.81. The molecule has 1 aromatic rings. The lowest BCUT2D eigenvalue weighted by molar-refractivity contribution is 0.747. The molecule has 2 nitrogen and oxygen atoms in total. The molecule has 0 saturated carbocycles. The monoisotopic (exact) mass is 192 g/mol. The molecule has 1 rings (SSSR count). The highest BCUT2D eigenvalue weighted by molar-refractivity contribution is 7.98. The van der Waals surface area contributed by atoms with Crippen LogP contribution in [-0.4, -0.2) is 6.26 Å². The van der Waals surface area contributed by atoms with Gasteiger partial charge in [0.15, 0.2) is 0 Å². The summed E-state index contributed by atoms with van der Waals surface area (Å²) in [7, 11) is 0. The molecule has 0 saturated heterocycles. The van der Waals surface area contributed by atoms with Gasteiger partial charge in [-0.15, -0.1) is 11.8 Å². The van der Waals surface area contributed by atoms with Gasteiger partial charge in [-0.3, -0.25) is 0 Å². The van der Waals surface area contributed by atoms with E-state index in [0.717, 1.165) is 5.56 Å². The lowest BCUT2D eigenvalue weighted by Crippen LogP contribution is -2.08. The van der Waals surface area contributed by atoms with Crippen molar-refractivity contribution in [3.63, 3.8) is 0 Å². The first-order valence-corrected chi connectivity index (χ1v) is 5.27. The molecular formula is C10H12N2S. The summed E-state index contributed by atoms with van der Waals surface area (Å²) in [6, 6.07) is 9.92. The van der Waals surface area contributed by atoms with Gasteiger partial charge in [0.1, 0.15) is 0 Å². The highest BCUT2D eigenvalue weighted by Crippen LogP contribution is 2.19. The van der Waals surface area contributed by atoms with Gasteiger partial charge >= 0.3 is 0 Å². The molecule has 2 N–H and O–H groups in total. The van der Waals surface area contributed by atoms with E-state index in [1.807, 2.05) is 30.5 Å². The SMILES string of the molecule is CSc1ccc([C@@H](N)CC#N)cc1. The molecule has 0 amide bonds. The Morgan fingerprint density at radius 1 is 1.46 bits per heavy atom. The predicted octanol–water partition coefficient (Wildman–Crippen LogP) is 2.32. The summed E-state index contributed by atoms with van der Waals surface area (Å²) in [5, 5.41) is 8.46. The van der Waals surface area contributed by atoms with E-state index in [4.69, 9.17) is 11.0 Å². The number of nitrogens with zero attached hydrogens (tertiary/aromatic N) is 1. The Balaban J connectivity index is 2.74. The van der Waals surface area contributed by atoms with E-state index in [1.165, 1.54) is 4.90 Å². The van der Waals surface area contributed by atoms with Crippen LogP contribution in [0.25, 0.3) is 0 Å². The van der Waals surface area contributed by atoms with Crippen LogP contribution in [0.4, 0.5) is 0 Å². The van der Waals surface area contributed by atoms with Crippen molar-refractivity contribution in [2.24, 2.45) is 5.73 Å². The van der Waals surface area contributed by atoms with Gasteiger partial charge in [-0.2, -0.15) is 5.26 Å². The van der Waals surface area contributed by atoms with Crippen LogP contribution in [0.1, 0.15) is 18.0 Å². The number of nitrogens with two attached hydrogens (primary N) is 1. The third kappa shape index (κ3) is 2.76. The number of hydrogen-bond donors (Lipinski definition) is 1. The second kappa shape index (κ2) is 4.90. The molecule has 0 spiro atoms. The van der Waals surface area contributed by atoms with Gasteiger partial charge in [0.05, 0.1) is 12.5 Å². The Labute approximate surface area is 82.7 Å². The molecule has 0 aliphatic rings. The summed E-state index contributed by atoms with van der Waals surface area (Å²) >= 11 is 1.70. The predicted molar refractivity (Wildman–Crippen MR) is 55.4 cm³/mol. The van der Waals surface area contributed by atoms with E-state index in [1.54, 1.807) is 11.8 Å². The van der Waals surface area contributed by atoms with E-state index >= 15 is 0 Å². The first-order chi connectivity index (χ1) is 6.27. The van der Waals surface area contributed by atoms with Gasteiger partial charge in [0.25, 0.3) is 0 Å². The van der Waals surface area contributed by atoms with Crippen LogP contribution < -0.4 is 5.73 Å². The molecule has 0 bridgehead atoms. The van der Waals surface area contributed by atoms with E-state index in [9.17, 15) is 0 Å². The second-order valence-electron chi connectivity index (χ2n) is 2.74. The van der Waals surface area contributed by atoms with Crippen LogP contribution in [0.2, 0.25) is 0 Å². The number of rotatable bonds is 3. The van der Waals surface area contributed by atoms with Crippen molar-refractivity contribution < 1.29 is 0 Å². The molecule has 3 heteroatoms. The van der Waals surface area contributed by atoms with E-state index in [0.29, 0.717) is 6.42 Å². The number of nitriles is 1. The van der Waals surface area contributed by atoms with E-state index in [-0.39, 0.29) is 6.04 Å². The number of benzene rings is 1. The van der Waals surface area contributed by atoms with Gasteiger partial charge < -0.3 is 5.73 Å². The highest BCUT2D eigenvalue weighted by Gasteiger charge is 2.03. The summed E-state index contributed by atoms with van der Waals surface area (Å²) in [5.41, 5.74) is 6.79. The van der Waals surface area contributed by atoms with Gasteiger partial charge in [-0.25, -0.2) is 0 Å². The van der Waals surface area contributed by atoms with Crippen molar-refractivity contribution >= 4 is 11.8 Å². The van der Waals surface area contributed by atoms with Crippen molar-refractivity contribution in [2.45, 2.75) is 17.4 Å². The van der Waals surface area contributed by atoms with Crippen molar-refractivity contribution in [3.05, 3.63) is 29.8 Å². The molecule has 0 aromatic heterocycles. The quantitative estimate of drug-likeness (QED) is 0.748. The normalized spacial score (nSPS) is 12.1. The van der Waals surface area contributed by atoms with Crippen molar-refractivity contribution in [1.29, 1.82) is 5.26 Å². The molecule has 1 atom stereocenters. The summed E-state index contributed by atoms with van der Waals surface area (Å²) in [4.78, 5) is 1.22. The zero-order valence-electron chi connectivity index (χ0n) is 7.53. The van der Waals surface area contributed by atoms with Crippen molar-refractivity contribution in [2.75, 3.05) is 6.26 Å². The minimum Gasteiger partial charge on any atom is -0.323 e. The molecular weight excluding hydrogens is 180 g/mol. The average Bonchev–Trinajstić information content (AvgIpc) is 2.18. The van der Waals surface area contributed by atoms with E-state index < -0.39 is 0 Å². The van der Waals surface area contributed by atoms with Crippen LogP contribution in [0.5, 0.6) is 0 Å². The molecule has 0 radical (unpaired) electrons. The first kappa shape index (κ1) is 10.1. The highest BCUT2D eigenvalue weighted by atomic mass is 32.2. The molecule has 0 aliphatic heterocycles. The van der Waals surface area contributed by atoms with E-state index in [2.05, 4.69) is 6.07 Å². The van der Waals surface area contributed by atoms with Crippen molar-refractivity contribution in [3.8, 4) is 6.07 Å². The van der Waals surface area contributed by atoms with Gasteiger partial charge in [-0.1, -0.05) is 12.1 Å². The standard InChI is InChI=1S/C10H12N2S/c1-13-9-4-2-8(3-5-9)10(12)6-7-11/h2-5,10H,6,12H2,1H3/t10-/m0/s1. The van der Waals surface area contributed by atoms with Crippen LogP contribution in [-0.2, 0) is 0 Å². The maximum absolute atomic E-state index is 8.46. The van der Waals surface area contributed by atoms with Crippen LogP contribution >= 0.6 is 11.8 Å². The number of thioether (sulfide) groups is 1. The van der Waals surface area contributed by atoms with Gasteiger partial charge in [0, 0.05) is 10.9 Å². The Morgan fingerprint density at radius 3 is 2.54 bits per heavy atom. The fourth-order valence-corrected chi connectivity index (χ4v) is 1.48. The van der Waals surface area contributed by atoms with Crippen LogP contribution in [0.3, 0.4) is 0 Å². The summed E-state index contributed by atoms with van der Waals surface area (Å²) < 4.78 is 0. The Hall–Kier alpha value is -0.980. The summed E-state index contributed by atoms with van der Waals surface area (Å²) in [5.74, 6) is 0. The maximum atomic E-state index is 8.46. The molecule has 13 heavy (non-hydrogen) atoms. The Morgan fingerprint density at radius 2 is 2.08 bits per heavy atom. The Bertz CT molecular complexity index is 300. The zero-order valence-corrected chi connectivity index (χ0v) is 8.34. The minimum absolute atomic E-state index is 0.152. The summed E-state index contributed by atoms with van der Waals surface area (Å²) in [6.07, 6.45) is 2.41. The third-order valence-corrected chi connectivity index (χ3v) is 2.60. The molecule has 0 fully saturated rings. The fraction of sp³-hybridized carbons (Fsp3) is 0.300. The van der Waals surface area contributed by atoms with Gasteiger partial charge in [0.2, 0.25) is 0 Å². The molecule has 1 aromatic carbocycles. The lowest BCUT2D eigenvalue weighted by atomic mass is 10.1. The van der Waals surface area contributed by atoms with Crippen molar-refractivity contribution in [1.82, 2.24) is 0 Å². The second-order valence-corrected chi connectivity index (χ2v) is 3.62. The maximum Gasteiger partial charge on any atom is 0.0641 e. The zero-order chi connectivity index (χ0) is 9.68. The third-order valence-electron chi connectivity index (χ3n) is 1.86. The molecule has 0 unspecified atom stereocenters. The lowest BCUT2D eigenvalue weighted by Gasteiger charge is -2.07. The van der Waals surface area contributed by atoms with Crippen LogP contribution in [0, 0.1) is 11.3 Å². The number of hydrogen-bond acceptors (Lipinski definition) is 3. The molecule has 68 valence electrons.